The summed E-state index contributed by atoms with van der Waals surface area (Å²) in [6.07, 6.45) is 0.738. The molecule has 0 radical (unpaired) electrons. The van der Waals surface area contributed by atoms with Gasteiger partial charge in [0.15, 0.2) is 0 Å². The van der Waals surface area contributed by atoms with Gasteiger partial charge in [-0.05, 0) is 59.9 Å². The monoisotopic (exact) mass is 478 g/mol. The molecule has 0 spiro atoms. The molecule has 1 saturated heterocycles. The van der Waals surface area contributed by atoms with E-state index in [-0.39, 0.29) is 5.56 Å². The molecule has 4 aromatic rings. The minimum absolute atomic E-state index is 0.305. The topological polar surface area (TPSA) is 48.5 Å². The van der Waals surface area contributed by atoms with E-state index < -0.39 is 17.5 Å². The molecule has 3 aromatic carbocycles. The summed E-state index contributed by atoms with van der Waals surface area (Å²) in [6, 6.07) is 18.7. The summed E-state index contributed by atoms with van der Waals surface area (Å²) >= 11 is 1.54. The van der Waals surface area contributed by atoms with Crippen LogP contribution in [0, 0.1) is 11.6 Å². The van der Waals surface area contributed by atoms with Crippen molar-refractivity contribution in [1.29, 1.82) is 0 Å². The van der Waals surface area contributed by atoms with Gasteiger partial charge in [0, 0.05) is 43.8 Å². The number of aromatic nitrogens is 1. The number of nitrogens with zero attached hydrogens (tertiary/aromatic N) is 3. The van der Waals surface area contributed by atoms with E-state index in [9.17, 15) is 13.6 Å². The molecule has 174 valence electrons. The molecule has 1 N–H and O–H groups in total. The van der Waals surface area contributed by atoms with Crippen LogP contribution in [0.4, 0.5) is 20.3 Å². The zero-order chi connectivity index (χ0) is 23.5. The molecule has 1 aliphatic heterocycles. The smallest absolute Gasteiger partial charge is 0.258 e. The van der Waals surface area contributed by atoms with Gasteiger partial charge in [0.25, 0.3) is 5.91 Å². The molecule has 0 aliphatic carbocycles. The van der Waals surface area contributed by atoms with Gasteiger partial charge in [-0.1, -0.05) is 30.3 Å². The Morgan fingerprint density at radius 3 is 2.59 bits per heavy atom. The second-order valence-electron chi connectivity index (χ2n) is 8.32. The molecule has 0 unspecified atom stereocenters. The van der Waals surface area contributed by atoms with Gasteiger partial charge < -0.3 is 10.2 Å². The first-order valence-electron chi connectivity index (χ1n) is 11.2. The first-order valence-corrected chi connectivity index (χ1v) is 12.0. The normalized spacial score (nSPS) is 14.5. The molecule has 0 atom stereocenters. The quantitative estimate of drug-likeness (QED) is 0.414. The van der Waals surface area contributed by atoms with Crippen molar-refractivity contribution in [1.82, 2.24) is 9.27 Å². The number of rotatable bonds is 6. The Kier molecular flexibility index (Phi) is 6.51. The molecule has 1 fully saturated rings. The average Bonchev–Trinajstić information content (AvgIpc) is 3.29. The number of piperazine rings is 1. The minimum atomic E-state index is -0.748. The fraction of sp³-hybridized carbons (Fsp3) is 0.231. The number of carbonyl (C=O) groups is 1. The highest BCUT2D eigenvalue weighted by Crippen LogP contribution is 2.30. The van der Waals surface area contributed by atoms with Crippen LogP contribution in [0.5, 0.6) is 0 Å². The number of hydrogen-bond donors (Lipinski definition) is 1. The molecule has 1 aromatic heterocycles. The summed E-state index contributed by atoms with van der Waals surface area (Å²) in [5.41, 5.74) is 1.27. The number of benzene rings is 3. The van der Waals surface area contributed by atoms with Gasteiger partial charge in [-0.3, -0.25) is 9.69 Å². The Bertz CT molecular complexity index is 1320. The van der Waals surface area contributed by atoms with Gasteiger partial charge in [0.05, 0.1) is 10.3 Å². The fourth-order valence-electron chi connectivity index (χ4n) is 4.28. The number of halogens is 2. The van der Waals surface area contributed by atoms with Gasteiger partial charge in [-0.15, -0.1) is 0 Å². The summed E-state index contributed by atoms with van der Waals surface area (Å²) in [4.78, 5) is 17.3. The summed E-state index contributed by atoms with van der Waals surface area (Å²) in [5.74, 6) is -0.988. The first-order chi connectivity index (χ1) is 16.6. The Balaban J connectivity index is 1.19. The largest absolute Gasteiger partial charge is 0.353 e. The predicted octanol–water partition coefficient (Wildman–Crippen LogP) is 5.19. The molecule has 5 rings (SSSR count). The van der Waals surface area contributed by atoms with Crippen LogP contribution in [0.15, 0.2) is 66.7 Å². The maximum atomic E-state index is 14.0. The number of hydrogen-bond acceptors (Lipinski definition) is 5. The molecular weight excluding hydrogens is 454 g/mol. The molecular formula is C26H24F2N4OS. The second-order valence-corrected chi connectivity index (χ2v) is 9.12. The summed E-state index contributed by atoms with van der Waals surface area (Å²) in [7, 11) is 0. The lowest BCUT2D eigenvalue weighted by Gasteiger charge is -2.35. The highest BCUT2D eigenvalue weighted by Gasteiger charge is 2.21. The van der Waals surface area contributed by atoms with Crippen LogP contribution < -0.4 is 10.2 Å². The van der Waals surface area contributed by atoms with Crippen molar-refractivity contribution in [2.75, 3.05) is 42.9 Å². The highest BCUT2D eigenvalue weighted by molar-refractivity contribution is 7.13. The molecule has 1 aliphatic rings. The van der Waals surface area contributed by atoms with E-state index in [0.717, 1.165) is 68.7 Å². The Morgan fingerprint density at radius 2 is 1.74 bits per heavy atom. The minimum Gasteiger partial charge on any atom is -0.353 e. The number of para-hydroxylation sites is 1. The molecule has 0 saturated carbocycles. The molecule has 2 heterocycles. The number of nitrogens with one attached hydrogen (secondary N) is 1. The van der Waals surface area contributed by atoms with E-state index in [1.807, 2.05) is 24.3 Å². The molecule has 5 nitrogen and oxygen atoms in total. The standard InChI is InChI=1S/C26H24F2N4OS/c27-19-9-10-22(28)21(17-19)26(33)29-23-7-3-1-5-18(23)11-12-31-13-15-32(16-14-31)25-20-6-2-4-8-24(20)34-30-25/h1-10,17H,11-16H2,(H,29,33). The third-order valence-corrected chi connectivity index (χ3v) is 6.98. The first kappa shape index (κ1) is 22.4. The Labute approximate surface area is 200 Å². The predicted molar refractivity (Wildman–Crippen MR) is 133 cm³/mol. The van der Waals surface area contributed by atoms with Crippen LogP contribution in [0.1, 0.15) is 15.9 Å². The van der Waals surface area contributed by atoms with Crippen LogP contribution in [0.3, 0.4) is 0 Å². The van der Waals surface area contributed by atoms with E-state index in [2.05, 4.69) is 37.7 Å². The number of amides is 1. The van der Waals surface area contributed by atoms with Gasteiger partial charge in [-0.25, -0.2) is 8.78 Å². The zero-order valence-corrected chi connectivity index (χ0v) is 19.3. The molecule has 8 heteroatoms. The lowest BCUT2D eigenvalue weighted by atomic mass is 10.1. The summed E-state index contributed by atoms with van der Waals surface area (Å²) in [5, 5.41) is 3.95. The van der Waals surface area contributed by atoms with Crippen molar-refractivity contribution in [2.24, 2.45) is 0 Å². The van der Waals surface area contributed by atoms with E-state index in [1.165, 1.54) is 21.6 Å². The third kappa shape index (κ3) is 4.78. The van der Waals surface area contributed by atoms with Gasteiger partial charge >= 0.3 is 0 Å². The van der Waals surface area contributed by atoms with E-state index in [1.54, 1.807) is 6.07 Å². The van der Waals surface area contributed by atoms with Crippen molar-refractivity contribution in [2.45, 2.75) is 6.42 Å². The van der Waals surface area contributed by atoms with E-state index in [0.29, 0.717) is 5.69 Å². The summed E-state index contributed by atoms with van der Waals surface area (Å²) < 4.78 is 33.4. The fourth-order valence-corrected chi connectivity index (χ4v) is 5.08. The van der Waals surface area contributed by atoms with Crippen LogP contribution in [-0.2, 0) is 6.42 Å². The number of fused-ring (bicyclic) bond motifs is 1. The van der Waals surface area contributed by atoms with E-state index in [4.69, 9.17) is 0 Å². The maximum absolute atomic E-state index is 14.0. The maximum Gasteiger partial charge on any atom is 0.258 e. The Morgan fingerprint density at radius 1 is 0.971 bits per heavy atom. The number of carbonyl (C=O) groups excluding carboxylic acids is 1. The molecule has 34 heavy (non-hydrogen) atoms. The van der Waals surface area contributed by atoms with Crippen molar-refractivity contribution in [3.63, 3.8) is 0 Å². The van der Waals surface area contributed by atoms with Crippen molar-refractivity contribution < 1.29 is 13.6 Å². The second kappa shape index (κ2) is 9.87. The van der Waals surface area contributed by atoms with Crippen LogP contribution in [-0.4, -0.2) is 47.9 Å². The molecule has 1 amide bonds. The van der Waals surface area contributed by atoms with Gasteiger partial charge in [0.1, 0.15) is 17.5 Å². The molecule has 0 bridgehead atoms. The van der Waals surface area contributed by atoms with Gasteiger partial charge in [0.2, 0.25) is 0 Å². The lowest BCUT2D eigenvalue weighted by Crippen LogP contribution is -2.47. The third-order valence-electron chi connectivity index (χ3n) is 6.17. The van der Waals surface area contributed by atoms with Crippen LogP contribution >= 0.6 is 11.5 Å². The average molecular weight is 479 g/mol. The SMILES string of the molecule is O=C(Nc1ccccc1CCN1CCN(c2nsc3ccccc23)CC1)c1cc(F)ccc1F. The zero-order valence-electron chi connectivity index (χ0n) is 18.5. The van der Waals surface area contributed by atoms with Crippen LogP contribution in [0.2, 0.25) is 0 Å². The van der Waals surface area contributed by atoms with Gasteiger partial charge in [-0.2, -0.15) is 4.37 Å². The Hall–Kier alpha value is -3.36. The lowest BCUT2D eigenvalue weighted by molar-refractivity contribution is 0.102. The highest BCUT2D eigenvalue weighted by atomic mass is 32.1. The van der Waals surface area contributed by atoms with E-state index >= 15 is 0 Å². The van der Waals surface area contributed by atoms with Crippen molar-refractivity contribution in [3.05, 3.63) is 89.5 Å². The number of anilines is 2. The van der Waals surface area contributed by atoms with Crippen LogP contribution in [0.25, 0.3) is 10.1 Å². The van der Waals surface area contributed by atoms with Crippen molar-refractivity contribution >= 4 is 39.0 Å². The van der Waals surface area contributed by atoms with Crippen molar-refractivity contribution in [3.8, 4) is 0 Å². The summed E-state index contributed by atoms with van der Waals surface area (Å²) in [6.45, 7) is 4.51.